The number of hydrogen-bond donors (Lipinski definition) is 1. The average Bonchev–Trinajstić information content (AvgIpc) is 3.25. The summed E-state index contributed by atoms with van der Waals surface area (Å²) in [7, 11) is 1.75. The Balaban J connectivity index is 0.00000156. The maximum Gasteiger partial charge on any atom is 0.119 e. The van der Waals surface area contributed by atoms with E-state index in [4.69, 9.17) is 9.84 Å². The van der Waals surface area contributed by atoms with Crippen LogP contribution in [0.1, 0.15) is 67.9 Å². The van der Waals surface area contributed by atoms with Crippen LogP contribution < -0.4 is 10.1 Å². The quantitative estimate of drug-likeness (QED) is 0.255. The number of aryl methyl sites for hydroxylation is 2. The number of nitrogens with one attached hydrogen (secondary N) is 1. The van der Waals surface area contributed by atoms with Gasteiger partial charge in [0.15, 0.2) is 0 Å². The van der Waals surface area contributed by atoms with Crippen molar-refractivity contribution < 1.29 is 4.74 Å². The molecule has 5 rings (SSSR count). The SMILES string of the molecule is CC.CCCNCCn1cc2cc(C3=C(c4ccccc4C)CCCc4cc(OC)ccc43)ccc2n1. The zero-order valence-corrected chi connectivity index (χ0v) is 23.1. The van der Waals surface area contributed by atoms with Gasteiger partial charge < -0.3 is 10.1 Å². The topological polar surface area (TPSA) is 39.1 Å². The highest BCUT2D eigenvalue weighted by molar-refractivity contribution is 6.02. The van der Waals surface area contributed by atoms with Crippen LogP contribution in [-0.4, -0.2) is 30.0 Å². The van der Waals surface area contributed by atoms with E-state index < -0.39 is 0 Å². The number of allylic oxidation sites excluding steroid dienone is 1. The van der Waals surface area contributed by atoms with Crippen LogP contribution in [0.25, 0.3) is 22.0 Å². The smallest absolute Gasteiger partial charge is 0.119 e. The lowest BCUT2D eigenvalue weighted by atomic mass is 9.86. The molecular formula is C33H41N3O. The fourth-order valence-corrected chi connectivity index (χ4v) is 5.24. The Morgan fingerprint density at radius 2 is 1.78 bits per heavy atom. The van der Waals surface area contributed by atoms with Crippen LogP contribution in [0.15, 0.2) is 66.9 Å². The van der Waals surface area contributed by atoms with Crippen LogP contribution >= 0.6 is 0 Å². The molecular weight excluding hydrogens is 454 g/mol. The van der Waals surface area contributed by atoms with Crippen LogP contribution in [0, 0.1) is 6.92 Å². The first-order valence-corrected chi connectivity index (χ1v) is 13.8. The fourth-order valence-electron chi connectivity index (χ4n) is 5.24. The van der Waals surface area contributed by atoms with E-state index in [0.29, 0.717) is 0 Å². The Bertz CT molecular complexity index is 1370. The van der Waals surface area contributed by atoms with Crippen LogP contribution in [0.3, 0.4) is 0 Å². The van der Waals surface area contributed by atoms with Gasteiger partial charge in [-0.3, -0.25) is 4.68 Å². The molecule has 0 radical (unpaired) electrons. The molecule has 3 aromatic carbocycles. The molecule has 0 amide bonds. The van der Waals surface area contributed by atoms with Crippen molar-refractivity contribution >= 4 is 22.0 Å². The standard InChI is InChI=1S/C31H35N3O.C2H6/c1-4-16-32-17-18-34-21-25-19-24(12-15-30(25)33-34)31-28-14-13-26(35-3)20-23(28)9-7-11-29(31)27-10-6-5-8-22(27)2;1-2/h5-6,8,10,12-15,19-21,32H,4,7,9,11,16-18H2,1-3H3;1-2H3. The predicted molar refractivity (Wildman–Crippen MR) is 157 cm³/mol. The van der Waals surface area contributed by atoms with Crippen molar-refractivity contribution in [2.24, 2.45) is 0 Å². The molecule has 0 saturated heterocycles. The molecule has 1 aliphatic rings. The molecule has 4 heteroatoms. The van der Waals surface area contributed by atoms with E-state index >= 15 is 0 Å². The molecule has 194 valence electrons. The predicted octanol–water partition coefficient (Wildman–Crippen LogP) is 7.67. The second-order valence-electron chi connectivity index (χ2n) is 9.46. The molecule has 0 atom stereocenters. The Hall–Kier alpha value is -3.37. The Labute approximate surface area is 222 Å². The van der Waals surface area contributed by atoms with E-state index in [1.165, 1.54) is 44.3 Å². The molecule has 1 heterocycles. The van der Waals surface area contributed by atoms with Crippen molar-refractivity contribution in [3.63, 3.8) is 0 Å². The van der Waals surface area contributed by atoms with Crippen molar-refractivity contribution in [2.75, 3.05) is 20.2 Å². The van der Waals surface area contributed by atoms with Gasteiger partial charge in [0.05, 0.1) is 19.2 Å². The van der Waals surface area contributed by atoms with Gasteiger partial charge in [-0.15, -0.1) is 0 Å². The first-order chi connectivity index (χ1) is 18.2. The van der Waals surface area contributed by atoms with E-state index in [1.807, 2.05) is 13.8 Å². The van der Waals surface area contributed by atoms with Gasteiger partial charge in [0.25, 0.3) is 0 Å². The normalized spacial score (nSPS) is 13.1. The maximum atomic E-state index is 5.57. The van der Waals surface area contributed by atoms with Crippen molar-refractivity contribution in [2.45, 2.75) is 59.9 Å². The zero-order chi connectivity index (χ0) is 26.2. The molecule has 1 N–H and O–H groups in total. The Kier molecular flexibility index (Phi) is 9.19. The van der Waals surface area contributed by atoms with E-state index in [2.05, 4.69) is 90.7 Å². The minimum Gasteiger partial charge on any atom is -0.497 e. The molecule has 0 fully saturated rings. The first-order valence-electron chi connectivity index (χ1n) is 13.8. The van der Waals surface area contributed by atoms with Crippen molar-refractivity contribution in [3.05, 3.63) is 94.7 Å². The molecule has 0 spiro atoms. The average molecular weight is 496 g/mol. The van der Waals surface area contributed by atoms with Gasteiger partial charge in [0, 0.05) is 18.1 Å². The van der Waals surface area contributed by atoms with Crippen LogP contribution in [-0.2, 0) is 13.0 Å². The highest BCUT2D eigenvalue weighted by Gasteiger charge is 2.22. The lowest BCUT2D eigenvalue weighted by Crippen LogP contribution is -2.20. The largest absolute Gasteiger partial charge is 0.497 e. The van der Waals surface area contributed by atoms with Gasteiger partial charge in [-0.1, -0.05) is 57.2 Å². The lowest BCUT2D eigenvalue weighted by molar-refractivity contribution is 0.414. The zero-order valence-electron chi connectivity index (χ0n) is 23.1. The monoisotopic (exact) mass is 495 g/mol. The fraction of sp³-hybridized carbons (Fsp3) is 0.364. The molecule has 1 aliphatic carbocycles. The second kappa shape index (κ2) is 12.7. The molecule has 37 heavy (non-hydrogen) atoms. The van der Waals surface area contributed by atoms with Crippen molar-refractivity contribution in [3.8, 4) is 5.75 Å². The second-order valence-corrected chi connectivity index (χ2v) is 9.46. The van der Waals surface area contributed by atoms with Gasteiger partial charge in [0.2, 0.25) is 0 Å². The Morgan fingerprint density at radius 1 is 0.946 bits per heavy atom. The van der Waals surface area contributed by atoms with Gasteiger partial charge in [0.1, 0.15) is 5.75 Å². The van der Waals surface area contributed by atoms with Gasteiger partial charge in [-0.05, 0) is 102 Å². The third-order valence-corrected chi connectivity index (χ3v) is 7.01. The number of rotatable bonds is 8. The Morgan fingerprint density at radius 3 is 2.57 bits per heavy atom. The van der Waals surface area contributed by atoms with E-state index in [1.54, 1.807) is 7.11 Å². The number of nitrogens with zero attached hydrogens (tertiary/aromatic N) is 2. The number of ether oxygens (including phenoxy) is 1. The molecule has 1 aromatic heterocycles. The summed E-state index contributed by atoms with van der Waals surface area (Å²) in [5.74, 6) is 0.927. The van der Waals surface area contributed by atoms with Crippen molar-refractivity contribution in [1.29, 1.82) is 0 Å². The van der Waals surface area contributed by atoms with E-state index in [-0.39, 0.29) is 0 Å². The summed E-state index contributed by atoms with van der Waals surface area (Å²) in [4.78, 5) is 0. The number of fused-ring (bicyclic) bond motifs is 2. The summed E-state index contributed by atoms with van der Waals surface area (Å²) in [5, 5.41) is 9.48. The summed E-state index contributed by atoms with van der Waals surface area (Å²) >= 11 is 0. The third kappa shape index (κ3) is 5.97. The number of benzene rings is 3. The summed E-state index contributed by atoms with van der Waals surface area (Å²) < 4.78 is 7.64. The first kappa shape index (κ1) is 26.7. The summed E-state index contributed by atoms with van der Waals surface area (Å²) in [6.45, 7) is 11.3. The van der Waals surface area contributed by atoms with Crippen LogP contribution in [0.4, 0.5) is 0 Å². The molecule has 4 nitrogen and oxygen atoms in total. The lowest BCUT2D eigenvalue weighted by Gasteiger charge is -2.18. The minimum atomic E-state index is 0.879. The third-order valence-electron chi connectivity index (χ3n) is 7.01. The number of hydrogen-bond acceptors (Lipinski definition) is 3. The highest BCUT2D eigenvalue weighted by atomic mass is 16.5. The van der Waals surface area contributed by atoms with Gasteiger partial charge in [-0.25, -0.2) is 0 Å². The van der Waals surface area contributed by atoms with Crippen molar-refractivity contribution in [1.82, 2.24) is 15.1 Å². The van der Waals surface area contributed by atoms with Crippen LogP contribution in [0.2, 0.25) is 0 Å². The highest BCUT2D eigenvalue weighted by Crippen LogP contribution is 2.42. The van der Waals surface area contributed by atoms with E-state index in [0.717, 1.165) is 56.6 Å². The maximum absolute atomic E-state index is 5.57. The summed E-state index contributed by atoms with van der Waals surface area (Å²) in [6.07, 6.45) is 6.56. The van der Waals surface area contributed by atoms with Gasteiger partial charge >= 0.3 is 0 Å². The number of methoxy groups -OCH3 is 1. The molecule has 0 unspecified atom stereocenters. The molecule has 0 bridgehead atoms. The number of aromatic nitrogens is 2. The molecule has 0 aliphatic heterocycles. The summed E-state index contributed by atoms with van der Waals surface area (Å²) in [6, 6.07) is 22.1. The summed E-state index contributed by atoms with van der Waals surface area (Å²) in [5.41, 5.74) is 10.4. The molecule has 4 aromatic rings. The van der Waals surface area contributed by atoms with E-state index in [9.17, 15) is 0 Å². The minimum absolute atomic E-state index is 0.879. The van der Waals surface area contributed by atoms with Crippen LogP contribution in [0.5, 0.6) is 5.75 Å². The molecule has 0 saturated carbocycles. The van der Waals surface area contributed by atoms with Gasteiger partial charge in [-0.2, -0.15) is 5.10 Å².